The van der Waals surface area contributed by atoms with Crippen molar-refractivity contribution in [2.45, 2.75) is 19.4 Å². The first-order valence-electron chi connectivity index (χ1n) is 9.75. The summed E-state index contributed by atoms with van der Waals surface area (Å²) in [6.07, 6.45) is 4.14. The number of benzene rings is 2. The van der Waals surface area contributed by atoms with Gasteiger partial charge in [0.15, 0.2) is 5.65 Å². The second-order valence-electron chi connectivity index (χ2n) is 7.35. The number of nitrogens with zero attached hydrogens (tertiary/aromatic N) is 6. The molecule has 0 fully saturated rings. The Morgan fingerprint density at radius 3 is 2.90 bits per heavy atom. The average Bonchev–Trinajstić information content (AvgIpc) is 3.32. The van der Waals surface area contributed by atoms with Crippen molar-refractivity contribution >= 4 is 22.2 Å². The number of aryl methyl sites for hydroxylation is 1. The van der Waals surface area contributed by atoms with E-state index in [9.17, 15) is 4.39 Å². The Kier molecular flexibility index (Phi) is 3.61. The van der Waals surface area contributed by atoms with E-state index < -0.39 is 0 Å². The lowest BCUT2D eigenvalue weighted by Crippen LogP contribution is -2.21. The quantitative estimate of drug-likeness (QED) is 0.448. The van der Waals surface area contributed by atoms with Gasteiger partial charge in [0.1, 0.15) is 29.2 Å². The van der Waals surface area contributed by atoms with Gasteiger partial charge in [-0.3, -0.25) is 4.57 Å². The highest BCUT2D eigenvalue weighted by Crippen LogP contribution is 2.36. The first kappa shape index (κ1) is 17.1. The summed E-state index contributed by atoms with van der Waals surface area (Å²) in [5, 5.41) is 0. The SMILES string of the molecule is Cc1nc2cnc(-n3cnc4ccc(F)cc43)nc2n1C1CCOc2ccccc21. The standard InChI is InChI=1S/C22H17FN6O/c1-13-26-17-11-24-22(28-12-25-16-7-6-14(23)10-19(16)28)27-21(17)29(13)18-8-9-30-20-5-3-2-4-15(18)20/h2-7,10-12,18H,8-9H2,1H3. The molecule has 7 nitrogen and oxygen atoms in total. The molecule has 5 aromatic rings. The second-order valence-corrected chi connectivity index (χ2v) is 7.35. The Balaban J connectivity index is 1.55. The largest absolute Gasteiger partial charge is 0.493 e. The minimum Gasteiger partial charge on any atom is -0.493 e. The smallest absolute Gasteiger partial charge is 0.237 e. The third kappa shape index (κ3) is 2.50. The van der Waals surface area contributed by atoms with Crippen LogP contribution in [-0.4, -0.2) is 35.7 Å². The summed E-state index contributed by atoms with van der Waals surface area (Å²) in [4.78, 5) is 18.3. The minimum absolute atomic E-state index is 0.0691. The molecule has 6 rings (SSSR count). The van der Waals surface area contributed by atoms with Crippen LogP contribution >= 0.6 is 0 Å². The predicted molar refractivity (Wildman–Crippen MR) is 109 cm³/mol. The van der Waals surface area contributed by atoms with Crippen molar-refractivity contribution in [1.82, 2.24) is 29.1 Å². The molecule has 0 radical (unpaired) electrons. The summed E-state index contributed by atoms with van der Waals surface area (Å²) < 4.78 is 23.5. The number of hydrogen-bond acceptors (Lipinski definition) is 5. The van der Waals surface area contributed by atoms with Gasteiger partial charge in [-0.1, -0.05) is 18.2 Å². The summed E-state index contributed by atoms with van der Waals surface area (Å²) in [7, 11) is 0. The van der Waals surface area contributed by atoms with Crippen LogP contribution in [-0.2, 0) is 0 Å². The Bertz CT molecular complexity index is 1420. The number of halogens is 1. The summed E-state index contributed by atoms with van der Waals surface area (Å²) >= 11 is 0. The van der Waals surface area contributed by atoms with E-state index in [1.165, 1.54) is 12.1 Å². The van der Waals surface area contributed by atoms with E-state index in [0.29, 0.717) is 23.6 Å². The third-order valence-corrected chi connectivity index (χ3v) is 5.56. The van der Waals surface area contributed by atoms with Crippen molar-refractivity contribution in [1.29, 1.82) is 0 Å². The van der Waals surface area contributed by atoms with Crippen molar-refractivity contribution < 1.29 is 9.13 Å². The highest BCUT2D eigenvalue weighted by atomic mass is 19.1. The first-order valence-corrected chi connectivity index (χ1v) is 9.75. The molecule has 0 saturated heterocycles. The second kappa shape index (κ2) is 6.35. The van der Waals surface area contributed by atoms with Crippen molar-refractivity contribution in [3.8, 4) is 11.7 Å². The van der Waals surface area contributed by atoms with E-state index in [1.807, 2.05) is 25.1 Å². The van der Waals surface area contributed by atoms with Crippen molar-refractivity contribution in [3.05, 3.63) is 72.2 Å². The Hall–Kier alpha value is -3.81. The lowest BCUT2D eigenvalue weighted by atomic mass is 10.0. The van der Waals surface area contributed by atoms with Gasteiger partial charge >= 0.3 is 0 Å². The monoisotopic (exact) mass is 400 g/mol. The molecule has 0 bridgehead atoms. The maximum atomic E-state index is 13.8. The van der Waals surface area contributed by atoms with E-state index in [1.54, 1.807) is 23.2 Å². The average molecular weight is 400 g/mol. The van der Waals surface area contributed by atoms with E-state index in [2.05, 4.69) is 25.6 Å². The van der Waals surface area contributed by atoms with Crippen LogP contribution in [0.1, 0.15) is 23.9 Å². The van der Waals surface area contributed by atoms with Gasteiger partial charge < -0.3 is 9.30 Å². The highest BCUT2D eigenvalue weighted by molar-refractivity contribution is 5.77. The molecular weight excluding hydrogens is 383 g/mol. The zero-order valence-corrected chi connectivity index (χ0v) is 16.2. The van der Waals surface area contributed by atoms with E-state index in [4.69, 9.17) is 9.72 Å². The Morgan fingerprint density at radius 1 is 1.07 bits per heavy atom. The van der Waals surface area contributed by atoms with E-state index >= 15 is 0 Å². The Labute approximate surface area is 170 Å². The molecule has 30 heavy (non-hydrogen) atoms. The van der Waals surface area contributed by atoms with Crippen LogP contribution in [0.4, 0.5) is 4.39 Å². The van der Waals surface area contributed by atoms with Crippen molar-refractivity contribution in [3.63, 3.8) is 0 Å². The van der Waals surface area contributed by atoms with Gasteiger partial charge in [0.25, 0.3) is 0 Å². The number of ether oxygens (including phenoxy) is 1. The van der Waals surface area contributed by atoms with Crippen molar-refractivity contribution in [2.75, 3.05) is 6.61 Å². The molecule has 8 heteroatoms. The minimum atomic E-state index is -0.329. The number of aromatic nitrogens is 6. The van der Waals surface area contributed by atoms with Gasteiger partial charge in [-0.25, -0.2) is 19.3 Å². The van der Waals surface area contributed by atoms with Crippen LogP contribution in [0.25, 0.3) is 28.1 Å². The van der Waals surface area contributed by atoms with E-state index in [0.717, 1.165) is 34.7 Å². The van der Waals surface area contributed by atoms with Gasteiger partial charge in [-0.2, -0.15) is 4.98 Å². The lowest BCUT2D eigenvalue weighted by Gasteiger charge is -2.28. The van der Waals surface area contributed by atoms with Gasteiger partial charge in [0.2, 0.25) is 5.95 Å². The van der Waals surface area contributed by atoms with Crippen molar-refractivity contribution in [2.24, 2.45) is 0 Å². The third-order valence-electron chi connectivity index (χ3n) is 5.56. The maximum absolute atomic E-state index is 13.8. The molecule has 0 aliphatic carbocycles. The number of hydrogen-bond donors (Lipinski definition) is 0. The summed E-state index contributed by atoms with van der Waals surface area (Å²) in [5.41, 5.74) is 3.87. The van der Waals surface area contributed by atoms with Crippen LogP contribution in [0, 0.1) is 12.7 Å². The van der Waals surface area contributed by atoms with Gasteiger partial charge in [-0.15, -0.1) is 0 Å². The molecule has 3 aromatic heterocycles. The molecule has 0 amide bonds. The normalized spacial score (nSPS) is 16.0. The molecular formula is C22H17FN6O. The fourth-order valence-electron chi connectivity index (χ4n) is 4.22. The van der Waals surface area contributed by atoms with Crippen LogP contribution in [0.15, 0.2) is 55.0 Å². The fraction of sp³-hybridized carbons (Fsp3) is 0.182. The molecule has 2 aromatic carbocycles. The number of para-hydroxylation sites is 1. The van der Waals surface area contributed by atoms with Crippen LogP contribution in [0.3, 0.4) is 0 Å². The summed E-state index contributed by atoms with van der Waals surface area (Å²) in [6.45, 7) is 2.60. The summed E-state index contributed by atoms with van der Waals surface area (Å²) in [5.74, 6) is 1.85. The first-order chi connectivity index (χ1) is 14.7. The van der Waals surface area contributed by atoms with Crippen LogP contribution < -0.4 is 4.74 Å². The zero-order valence-electron chi connectivity index (χ0n) is 16.2. The number of fused-ring (bicyclic) bond motifs is 3. The van der Waals surface area contributed by atoms with E-state index in [-0.39, 0.29) is 11.9 Å². The fourth-order valence-corrected chi connectivity index (χ4v) is 4.22. The zero-order chi connectivity index (χ0) is 20.2. The van der Waals surface area contributed by atoms with Crippen LogP contribution in [0.5, 0.6) is 5.75 Å². The molecule has 1 aliphatic rings. The maximum Gasteiger partial charge on any atom is 0.237 e. The summed E-state index contributed by atoms with van der Waals surface area (Å²) in [6, 6.07) is 12.6. The molecule has 0 spiro atoms. The topological polar surface area (TPSA) is 70.7 Å². The molecule has 1 atom stereocenters. The predicted octanol–water partition coefficient (Wildman–Crippen LogP) is 3.98. The van der Waals surface area contributed by atoms with Crippen LogP contribution in [0.2, 0.25) is 0 Å². The van der Waals surface area contributed by atoms with Gasteiger partial charge in [-0.05, 0) is 25.1 Å². The Morgan fingerprint density at radius 2 is 1.97 bits per heavy atom. The number of rotatable bonds is 2. The number of imidazole rings is 2. The molecule has 0 N–H and O–H groups in total. The van der Waals surface area contributed by atoms with Gasteiger partial charge in [0, 0.05) is 18.1 Å². The molecule has 0 saturated carbocycles. The molecule has 148 valence electrons. The highest BCUT2D eigenvalue weighted by Gasteiger charge is 2.26. The lowest BCUT2D eigenvalue weighted by molar-refractivity contribution is 0.256. The molecule has 1 unspecified atom stereocenters. The molecule has 1 aliphatic heterocycles. The van der Waals surface area contributed by atoms with Gasteiger partial charge in [0.05, 0.1) is 29.9 Å². The molecule has 4 heterocycles.